The SMILES string of the molecule is Cc1ccc(Cn2c(S[C@H](C)c3ccc(F)cc3)nc3ccccc3c2=O)cc1. The van der Waals surface area contributed by atoms with E-state index in [1.54, 1.807) is 16.7 Å². The number of hydrogen-bond donors (Lipinski definition) is 0. The topological polar surface area (TPSA) is 34.9 Å². The van der Waals surface area contributed by atoms with Gasteiger partial charge in [-0.15, -0.1) is 0 Å². The molecule has 0 amide bonds. The molecule has 0 aliphatic rings. The molecule has 0 spiro atoms. The third-order valence-corrected chi connectivity index (χ3v) is 6.06. The Hall–Kier alpha value is -2.92. The number of rotatable bonds is 5. The molecule has 0 saturated carbocycles. The summed E-state index contributed by atoms with van der Waals surface area (Å²) in [4.78, 5) is 18.0. The number of nitrogens with zero attached hydrogens (tertiary/aromatic N) is 2. The maximum absolute atomic E-state index is 13.3. The number of para-hydroxylation sites is 1. The standard InChI is InChI=1S/C24H21FN2OS/c1-16-7-9-18(10-8-16)15-27-23(28)21-5-3-4-6-22(21)26-24(27)29-17(2)19-11-13-20(25)14-12-19/h3-14,17H,15H2,1-2H3/t17-/m1/s1. The molecule has 29 heavy (non-hydrogen) atoms. The van der Waals surface area contributed by atoms with Gasteiger partial charge in [0.15, 0.2) is 5.16 Å². The van der Waals surface area contributed by atoms with E-state index in [1.807, 2.05) is 62.4 Å². The molecule has 3 aromatic carbocycles. The quantitative estimate of drug-likeness (QED) is 0.314. The molecule has 1 aromatic heterocycles. The molecule has 1 atom stereocenters. The molecule has 5 heteroatoms. The molecule has 0 fully saturated rings. The van der Waals surface area contributed by atoms with E-state index in [0.29, 0.717) is 22.6 Å². The summed E-state index contributed by atoms with van der Waals surface area (Å²) in [5.41, 5.74) is 3.85. The van der Waals surface area contributed by atoms with Crippen LogP contribution in [-0.2, 0) is 6.54 Å². The highest BCUT2D eigenvalue weighted by molar-refractivity contribution is 7.99. The van der Waals surface area contributed by atoms with Gasteiger partial charge in [-0.2, -0.15) is 0 Å². The summed E-state index contributed by atoms with van der Waals surface area (Å²) >= 11 is 1.51. The number of thioether (sulfide) groups is 1. The lowest BCUT2D eigenvalue weighted by Crippen LogP contribution is -2.24. The predicted octanol–water partition coefficient (Wildman–Crippen LogP) is 5.75. The summed E-state index contributed by atoms with van der Waals surface area (Å²) in [6, 6.07) is 22.0. The molecular weight excluding hydrogens is 383 g/mol. The van der Waals surface area contributed by atoms with Gasteiger partial charge in [0, 0.05) is 5.25 Å². The first-order valence-corrected chi connectivity index (χ1v) is 10.4. The van der Waals surface area contributed by atoms with Gasteiger partial charge in [0.05, 0.1) is 17.4 Å². The zero-order valence-corrected chi connectivity index (χ0v) is 17.1. The first-order valence-electron chi connectivity index (χ1n) is 9.48. The van der Waals surface area contributed by atoms with Gasteiger partial charge >= 0.3 is 0 Å². The summed E-state index contributed by atoms with van der Waals surface area (Å²) in [6.07, 6.45) is 0. The van der Waals surface area contributed by atoms with Crippen LogP contribution in [0.15, 0.2) is 82.7 Å². The van der Waals surface area contributed by atoms with Gasteiger partial charge in [-0.05, 0) is 49.2 Å². The van der Waals surface area contributed by atoms with Gasteiger partial charge in [0.1, 0.15) is 5.82 Å². The smallest absolute Gasteiger partial charge is 0.262 e. The third kappa shape index (κ3) is 4.25. The van der Waals surface area contributed by atoms with Gasteiger partial charge in [-0.1, -0.05) is 65.9 Å². The van der Waals surface area contributed by atoms with E-state index in [0.717, 1.165) is 11.1 Å². The van der Waals surface area contributed by atoms with Crippen LogP contribution in [0.4, 0.5) is 4.39 Å². The van der Waals surface area contributed by atoms with Gasteiger partial charge in [-0.3, -0.25) is 9.36 Å². The van der Waals surface area contributed by atoms with Crippen molar-refractivity contribution in [2.24, 2.45) is 0 Å². The van der Waals surface area contributed by atoms with Crippen molar-refractivity contribution in [2.75, 3.05) is 0 Å². The molecule has 1 heterocycles. The van der Waals surface area contributed by atoms with Crippen molar-refractivity contribution in [3.63, 3.8) is 0 Å². The maximum Gasteiger partial charge on any atom is 0.262 e. The van der Waals surface area contributed by atoms with Crippen LogP contribution in [0.3, 0.4) is 0 Å². The van der Waals surface area contributed by atoms with Crippen LogP contribution in [-0.4, -0.2) is 9.55 Å². The molecule has 4 rings (SSSR count). The normalized spacial score (nSPS) is 12.2. The molecule has 146 valence electrons. The highest BCUT2D eigenvalue weighted by Gasteiger charge is 2.16. The Labute approximate surface area is 173 Å². The van der Waals surface area contributed by atoms with E-state index in [1.165, 1.54) is 29.5 Å². The second-order valence-electron chi connectivity index (χ2n) is 7.10. The second-order valence-corrected chi connectivity index (χ2v) is 8.41. The van der Waals surface area contributed by atoms with Crippen molar-refractivity contribution in [2.45, 2.75) is 30.8 Å². The van der Waals surface area contributed by atoms with E-state index in [4.69, 9.17) is 4.98 Å². The summed E-state index contributed by atoms with van der Waals surface area (Å²) in [7, 11) is 0. The average molecular weight is 405 g/mol. The van der Waals surface area contributed by atoms with Crippen molar-refractivity contribution in [1.82, 2.24) is 9.55 Å². The lowest BCUT2D eigenvalue weighted by molar-refractivity contribution is 0.627. The number of hydrogen-bond acceptors (Lipinski definition) is 3. The van der Waals surface area contributed by atoms with Crippen LogP contribution in [0.5, 0.6) is 0 Å². The van der Waals surface area contributed by atoms with Crippen molar-refractivity contribution in [3.05, 3.63) is 106 Å². The molecule has 4 aromatic rings. The number of benzene rings is 3. The molecule has 0 saturated heterocycles. The minimum absolute atomic E-state index is 0.0212. The van der Waals surface area contributed by atoms with Crippen LogP contribution in [0, 0.1) is 12.7 Å². The highest BCUT2D eigenvalue weighted by Crippen LogP contribution is 2.34. The Morgan fingerprint density at radius 1 is 1.00 bits per heavy atom. The van der Waals surface area contributed by atoms with E-state index in [2.05, 4.69) is 0 Å². The first-order chi connectivity index (χ1) is 14.0. The lowest BCUT2D eigenvalue weighted by Gasteiger charge is -2.17. The summed E-state index contributed by atoms with van der Waals surface area (Å²) in [5.74, 6) is -0.258. The minimum Gasteiger partial charge on any atom is -0.283 e. The van der Waals surface area contributed by atoms with Gasteiger partial charge in [0.2, 0.25) is 0 Å². The molecule has 0 bridgehead atoms. The van der Waals surface area contributed by atoms with Crippen LogP contribution in [0.25, 0.3) is 10.9 Å². The van der Waals surface area contributed by atoms with Crippen LogP contribution < -0.4 is 5.56 Å². The first kappa shape index (κ1) is 19.4. The van der Waals surface area contributed by atoms with E-state index >= 15 is 0 Å². The van der Waals surface area contributed by atoms with E-state index in [-0.39, 0.29) is 16.6 Å². The van der Waals surface area contributed by atoms with Crippen molar-refractivity contribution in [1.29, 1.82) is 0 Å². The number of halogens is 1. The van der Waals surface area contributed by atoms with Gasteiger partial charge in [-0.25, -0.2) is 9.37 Å². The number of aromatic nitrogens is 2. The summed E-state index contributed by atoms with van der Waals surface area (Å²) < 4.78 is 15.0. The van der Waals surface area contributed by atoms with Crippen molar-refractivity contribution < 1.29 is 4.39 Å². The molecular formula is C24H21FN2OS. The predicted molar refractivity (Wildman–Crippen MR) is 117 cm³/mol. The number of fused-ring (bicyclic) bond motifs is 1. The van der Waals surface area contributed by atoms with Crippen LogP contribution in [0.2, 0.25) is 0 Å². The molecule has 0 unspecified atom stereocenters. The van der Waals surface area contributed by atoms with Crippen LogP contribution >= 0.6 is 11.8 Å². The molecule has 0 aliphatic carbocycles. The Morgan fingerprint density at radius 2 is 1.69 bits per heavy atom. The second kappa shape index (κ2) is 8.21. The fraction of sp³-hybridized carbons (Fsp3) is 0.167. The monoisotopic (exact) mass is 404 g/mol. The van der Waals surface area contributed by atoms with Crippen molar-refractivity contribution in [3.8, 4) is 0 Å². The van der Waals surface area contributed by atoms with E-state index in [9.17, 15) is 9.18 Å². The summed E-state index contributed by atoms with van der Waals surface area (Å²) in [5, 5.41) is 1.29. The third-order valence-electron chi connectivity index (χ3n) is 4.91. The lowest BCUT2D eigenvalue weighted by atomic mass is 10.1. The number of aryl methyl sites for hydroxylation is 1. The highest BCUT2D eigenvalue weighted by atomic mass is 32.2. The molecule has 0 N–H and O–H groups in total. The Kier molecular flexibility index (Phi) is 5.49. The molecule has 3 nitrogen and oxygen atoms in total. The maximum atomic E-state index is 13.3. The van der Waals surface area contributed by atoms with Gasteiger partial charge < -0.3 is 0 Å². The fourth-order valence-electron chi connectivity index (χ4n) is 3.21. The average Bonchev–Trinajstić information content (AvgIpc) is 2.73. The Morgan fingerprint density at radius 3 is 2.41 bits per heavy atom. The molecule has 0 aliphatic heterocycles. The zero-order valence-electron chi connectivity index (χ0n) is 16.3. The zero-order chi connectivity index (χ0) is 20.4. The summed E-state index contributed by atoms with van der Waals surface area (Å²) in [6.45, 7) is 4.53. The van der Waals surface area contributed by atoms with Gasteiger partial charge in [0.25, 0.3) is 5.56 Å². The Bertz CT molecular complexity index is 1200. The fourth-order valence-corrected chi connectivity index (χ4v) is 4.25. The Balaban J connectivity index is 1.77. The minimum atomic E-state index is -0.258. The molecule has 0 radical (unpaired) electrons. The largest absolute Gasteiger partial charge is 0.283 e. The van der Waals surface area contributed by atoms with Crippen molar-refractivity contribution >= 4 is 22.7 Å². The van der Waals surface area contributed by atoms with Crippen LogP contribution in [0.1, 0.15) is 28.9 Å². The van der Waals surface area contributed by atoms with E-state index < -0.39 is 0 Å².